The first-order chi connectivity index (χ1) is 12.0. The lowest BCUT2D eigenvalue weighted by Gasteiger charge is -2.26. The second-order valence-electron chi connectivity index (χ2n) is 6.49. The van der Waals surface area contributed by atoms with Crippen molar-refractivity contribution in [3.8, 4) is 0 Å². The van der Waals surface area contributed by atoms with Crippen LogP contribution in [0.3, 0.4) is 0 Å². The predicted octanol–water partition coefficient (Wildman–Crippen LogP) is 1.61. The molecule has 0 radical (unpaired) electrons. The van der Waals surface area contributed by atoms with Gasteiger partial charge in [-0.15, -0.1) is 0 Å². The normalized spacial score (nSPS) is 20.2. The zero-order valence-corrected chi connectivity index (χ0v) is 15.6. The summed E-state index contributed by atoms with van der Waals surface area (Å²) in [6.07, 6.45) is 2.04. The number of sulfonamides is 1. The number of benzene rings is 1. The second kappa shape index (κ2) is 8.03. The highest BCUT2D eigenvalue weighted by molar-refractivity contribution is 7.89. The minimum absolute atomic E-state index is 0.0866. The molecular weight excluding hydrogens is 364 g/mol. The van der Waals surface area contributed by atoms with E-state index in [0.717, 1.165) is 18.4 Å². The van der Waals surface area contributed by atoms with Gasteiger partial charge in [0.1, 0.15) is 0 Å². The molecule has 1 amide bonds. The predicted molar refractivity (Wildman–Crippen MR) is 96.1 cm³/mol. The van der Waals surface area contributed by atoms with Crippen LogP contribution in [0, 0.1) is 5.92 Å². The van der Waals surface area contributed by atoms with Crippen LogP contribution in [0.2, 0.25) is 5.02 Å². The van der Waals surface area contributed by atoms with Crippen LogP contribution in [0.25, 0.3) is 0 Å². The van der Waals surface area contributed by atoms with Gasteiger partial charge in [-0.3, -0.25) is 4.79 Å². The molecule has 1 saturated heterocycles. The van der Waals surface area contributed by atoms with E-state index in [1.807, 2.05) is 12.1 Å². The van der Waals surface area contributed by atoms with Gasteiger partial charge in [0, 0.05) is 24.7 Å². The van der Waals surface area contributed by atoms with Crippen molar-refractivity contribution in [1.82, 2.24) is 9.62 Å². The van der Waals surface area contributed by atoms with Gasteiger partial charge in [-0.2, -0.15) is 4.31 Å². The summed E-state index contributed by atoms with van der Waals surface area (Å²) in [6.45, 7) is 1.73. The van der Waals surface area contributed by atoms with Gasteiger partial charge in [0.2, 0.25) is 15.9 Å². The largest absolute Gasteiger partial charge is 0.379 e. The highest BCUT2D eigenvalue weighted by Gasteiger charge is 2.37. The Balaban J connectivity index is 1.56. The standard InChI is InChI=1S/C17H23ClN2O4S/c18-15-5-3-14(4-6-15)16(13-1-2-13)17(21)19-7-12-25(22,23)20-8-10-24-11-9-20/h3-6,13,16H,1-2,7-12H2,(H,19,21). The molecule has 8 heteroatoms. The van der Waals surface area contributed by atoms with Gasteiger partial charge in [-0.05, 0) is 36.5 Å². The molecular formula is C17H23ClN2O4S. The van der Waals surface area contributed by atoms with Gasteiger partial charge < -0.3 is 10.1 Å². The highest BCUT2D eigenvalue weighted by atomic mass is 35.5. The van der Waals surface area contributed by atoms with E-state index >= 15 is 0 Å². The van der Waals surface area contributed by atoms with Crippen molar-refractivity contribution in [2.45, 2.75) is 18.8 Å². The zero-order chi connectivity index (χ0) is 17.9. The maximum atomic E-state index is 12.6. The van der Waals surface area contributed by atoms with Crippen LogP contribution in [-0.4, -0.2) is 57.2 Å². The number of hydrogen-bond acceptors (Lipinski definition) is 4. The minimum atomic E-state index is -3.36. The number of carbonyl (C=O) groups excluding carboxylic acids is 1. The van der Waals surface area contributed by atoms with Crippen LogP contribution < -0.4 is 5.32 Å². The fourth-order valence-electron chi connectivity index (χ4n) is 3.10. The van der Waals surface area contributed by atoms with E-state index in [0.29, 0.717) is 37.2 Å². The van der Waals surface area contributed by atoms with E-state index in [-0.39, 0.29) is 24.1 Å². The lowest BCUT2D eigenvalue weighted by atomic mass is 9.93. The Labute approximate surface area is 153 Å². The number of hydrogen-bond donors (Lipinski definition) is 1. The van der Waals surface area contributed by atoms with E-state index in [4.69, 9.17) is 16.3 Å². The summed E-state index contributed by atoms with van der Waals surface area (Å²) in [6, 6.07) is 7.30. The summed E-state index contributed by atoms with van der Waals surface area (Å²) in [5, 5.41) is 3.44. The monoisotopic (exact) mass is 386 g/mol. The molecule has 6 nitrogen and oxygen atoms in total. The van der Waals surface area contributed by atoms with Crippen LogP contribution in [0.5, 0.6) is 0 Å². The van der Waals surface area contributed by atoms with Crippen LogP contribution in [-0.2, 0) is 19.6 Å². The van der Waals surface area contributed by atoms with Crippen molar-refractivity contribution in [1.29, 1.82) is 0 Å². The molecule has 0 spiro atoms. The summed E-state index contributed by atoms with van der Waals surface area (Å²) in [7, 11) is -3.36. The van der Waals surface area contributed by atoms with Gasteiger partial charge >= 0.3 is 0 Å². The van der Waals surface area contributed by atoms with E-state index in [2.05, 4.69) is 5.32 Å². The topological polar surface area (TPSA) is 75.7 Å². The third kappa shape index (κ3) is 4.94. The van der Waals surface area contributed by atoms with E-state index in [9.17, 15) is 13.2 Å². The molecule has 1 heterocycles. The Morgan fingerprint density at radius 2 is 1.88 bits per heavy atom. The molecule has 1 unspecified atom stereocenters. The maximum absolute atomic E-state index is 12.6. The van der Waals surface area contributed by atoms with Crippen molar-refractivity contribution in [3.63, 3.8) is 0 Å². The average molecular weight is 387 g/mol. The molecule has 1 aromatic rings. The number of morpholine rings is 1. The number of ether oxygens (including phenoxy) is 1. The Hall–Kier alpha value is -1.15. The van der Waals surface area contributed by atoms with Crippen molar-refractivity contribution < 1.29 is 17.9 Å². The van der Waals surface area contributed by atoms with Crippen molar-refractivity contribution in [2.24, 2.45) is 5.92 Å². The molecule has 1 saturated carbocycles. The first-order valence-corrected chi connectivity index (χ1v) is 10.5. The van der Waals surface area contributed by atoms with Crippen LogP contribution in [0.15, 0.2) is 24.3 Å². The Morgan fingerprint density at radius 1 is 1.24 bits per heavy atom. The molecule has 0 aromatic heterocycles. The SMILES string of the molecule is O=C(NCCS(=O)(=O)N1CCOCC1)C(c1ccc(Cl)cc1)C1CC1. The van der Waals surface area contributed by atoms with Gasteiger partial charge in [-0.25, -0.2) is 8.42 Å². The third-order valence-electron chi connectivity index (χ3n) is 4.63. The molecule has 3 rings (SSSR count). The highest BCUT2D eigenvalue weighted by Crippen LogP contribution is 2.42. The van der Waals surface area contributed by atoms with Crippen molar-refractivity contribution >= 4 is 27.5 Å². The van der Waals surface area contributed by atoms with Gasteiger partial charge in [0.25, 0.3) is 0 Å². The molecule has 1 atom stereocenters. The zero-order valence-electron chi connectivity index (χ0n) is 14.0. The van der Waals surface area contributed by atoms with E-state index in [1.54, 1.807) is 12.1 Å². The smallest absolute Gasteiger partial charge is 0.227 e. The minimum Gasteiger partial charge on any atom is -0.379 e. The second-order valence-corrected chi connectivity index (χ2v) is 9.01. The van der Waals surface area contributed by atoms with Gasteiger partial charge in [0.05, 0.1) is 24.9 Å². The number of amides is 1. The fourth-order valence-corrected chi connectivity index (χ4v) is 4.55. The average Bonchev–Trinajstić information content (AvgIpc) is 3.42. The van der Waals surface area contributed by atoms with Crippen LogP contribution >= 0.6 is 11.6 Å². The Morgan fingerprint density at radius 3 is 2.48 bits per heavy atom. The number of halogens is 1. The van der Waals surface area contributed by atoms with Gasteiger partial charge in [-0.1, -0.05) is 23.7 Å². The molecule has 1 aliphatic heterocycles. The third-order valence-corrected chi connectivity index (χ3v) is 6.75. The number of carbonyl (C=O) groups is 1. The summed E-state index contributed by atoms with van der Waals surface area (Å²) in [5.74, 6) is -0.0982. The number of rotatable bonds is 7. The van der Waals surface area contributed by atoms with Crippen LogP contribution in [0.1, 0.15) is 24.3 Å². The Kier molecular flexibility index (Phi) is 5.99. The quantitative estimate of drug-likeness (QED) is 0.772. The summed E-state index contributed by atoms with van der Waals surface area (Å²) in [5.41, 5.74) is 0.931. The number of nitrogens with one attached hydrogen (secondary N) is 1. The first-order valence-electron chi connectivity index (χ1n) is 8.56. The Bertz CT molecular complexity index is 698. The molecule has 1 aromatic carbocycles. The molecule has 2 aliphatic rings. The molecule has 25 heavy (non-hydrogen) atoms. The van der Waals surface area contributed by atoms with Crippen molar-refractivity contribution in [2.75, 3.05) is 38.6 Å². The first kappa shape index (κ1) is 18.6. The van der Waals surface area contributed by atoms with E-state index in [1.165, 1.54) is 4.31 Å². The van der Waals surface area contributed by atoms with Gasteiger partial charge in [0.15, 0.2) is 0 Å². The van der Waals surface area contributed by atoms with Crippen LogP contribution in [0.4, 0.5) is 0 Å². The molecule has 138 valence electrons. The summed E-state index contributed by atoms with van der Waals surface area (Å²) >= 11 is 5.92. The molecule has 1 N–H and O–H groups in total. The fraction of sp³-hybridized carbons (Fsp3) is 0.588. The maximum Gasteiger partial charge on any atom is 0.227 e. The summed E-state index contributed by atoms with van der Waals surface area (Å²) < 4.78 is 31.2. The molecule has 0 bridgehead atoms. The lowest BCUT2D eigenvalue weighted by Crippen LogP contribution is -2.44. The van der Waals surface area contributed by atoms with Crippen molar-refractivity contribution in [3.05, 3.63) is 34.9 Å². The van der Waals surface area contributed by atoms with E-state index < -0.39 is 10.0 Å². The lowest BCUT2D eigenvalue weighted by molar-refractivity contribution is -0.122. The molecule has 2 fully saturated rings. The molecule has 1 aliphatic carbocycles. The summed E-state index contributed by atoms with van der Waals surface area (Å²) in [4.78, 5) is 12.6. The number of nitrogens with zero attached hydrogens (tertiary/aromatic N) is 1.